The Bertz CT molecular complexity index is 618. The quantitative estimate of drug-likeness (QED) is 0.575. The molecule has 3 rings (SSSR count). The number of likely N-dealkylation sites (tertiary alicyclic amines) is 1. The molecule has 2 aliphatic rings. The Kier molecular flexibility index (Phi) is 6.78. The maximum Gasteiger partial charge on any atom is 0.129 e. The van der Waals surface area contributed by atoms with Crippen molar-refractivity contribution >= 4 is 0 Å². The largest absolute Gasteiger partial charge is 0.395 e. The van der Waals surface area contributed by atoms with Crippen LogP contribution in [0, 0.1) is 11.6 Å². The molecule has 8 heteroatoms. The Hall–Kier alpha value is -1.16. The molecule has 2 saturated heterocycles. The van der Waals surface area contributed by atoms with E-state index in [1.165, 1.54) is 12.1 Å². The minimum absolute atomic E-state index is 0.00679. The molecule has 0 unspecified atom stereocenters. The molecule has 1 aromatic carbocycles. The Morgan fingerprint density at radius 2 is 1.67 bits per heavy atom. The molecule has 27 heavy (non-hydrogen) atoms. The molecule has 4 atom stereocenters. The molecule has 0 amide bonds. The molecule has 2 aliphatic heterocycles. The number of aliphatic hydroxyl groups excluding tert-OH is 4. The van der Waals surface area contributed by atoms with E-state index in [1.807, 2.05) is 0 Å². The van der Waals surface area contributed by atoms with E-state index in [1.54, 1.807) is 4.90 Å². The molecule has 2 heterocycles. The molecule has 152 valence electrons. The highest BCUT2D eigenvalue weighted by molar-refractivity contribution is 5.29. The number of hydrogen-bond acceptors (Lipinski definition) is 6. The second kappa shape index (κ2) is 8.89. The summed E-state index contributed by atoms with van der Waals surface area (Å²) in [6.07, 6.45) is -2.37. The Balaban J connectivity index is 1.70. The smallest absolute Gasteiger partial charge is 0.129 e. The zero-order valence-corrected chi connectivity index (χ0v) is 15.1. The summed E-state index contributed by atoms with van der Waals surface area (Å²) in [5, 5.41) is 39.0. The predicted octanol–water partition coefficient (Wildman–Crippen LogP) is 0.160. The van der Waals surface area contributed by atoms with E-state index < -0.39 is 42.6 Å². The summed E-state index contributed by atoms with van der Waals surface area (Å²) >= 11 is 0. The molecule has 0 bridgehead atoms. The van der Waals surface area contributed by atoms with Crippen LogP contribution < -0.4 is 0 Å². The topological polar surface area (TPSA) is 93.4 Å². The van der Waals surface area contributed by atoms with Crippen molar-refractivity contribution in [1.82, 2.24) is 4.90 Å². The average molecular weight is 387 g/mol. The van der Waals surface area contributed by atoms with Crippen LogP contribution >= 0.6 is 0 Å². The third-order valence-electron chi connectivity index (χ3n) is 5.72. The van der Waals surface area contributed by atoms with Crippen molar-refractivity contribution in [2.75, 3.05) is 32.9 Å². The number of rotatable bonds is 5. The van der Waals surface area contributed by atoms with Crippen molar-refractivity contribution in [3.8, 4) is 0 Å². The lowest BCUT2D eigenvalue weighted by Crippen LogP contribution is -2.62. The highest BCUT2D eigenvalue weighted by atomic mass is 19.1. The van der Waals surface area contributed by atoms with E-state index in [0.29, 0.717) is 18.8 Å². The fraction of sp³-hybridized carbons (Fsp3) is 0.684. The highest BCUT2D eigenvalue weighted by Crippen LogP contribution is 2.30. The van der Waals surface area contributed by atoms with Gasteiger partial charge in [0.05, 0.1) is 18.8 Å². The SMILES string of the molecule is OC[C@H]1[C@@H](O)[C@H](O)[C@@H](O)CN1CCc1c(F)cc(C2CCOCC2)cc1F. The molecule has 6 nitrogen and oxygen atoms in total. The van der Waals surface area contributed by atoms with Crippen molar-refractivity contribution in [1.29, 1.82) is 0 Å². The molecular formula is C19H27F2NO5. The summed E-state index contributed by atoms with van der Waals surface area (Å²) in [5.74, 6) is -1.14. The Morgan fingerprint density at radius 1 is 1.04 bits per heavy atom. The first-order chi connectivity index (χ1) is 12.9. The highest BCUT2D eigenvalue weighted by Gasteiger charge is 2.40. The molecule has 0 radical (unpaired) electrons. The van der Waals surface area contributed by atoms with Crippen molar-refractivity contribution in [3.63, 3.8) is 0 Å². The van der Waals surface area contributed by atoms with Gasteiger partial charge in [0, 0.05) is 31.9 Å². The van der Waals surface area contributed by atoms with Crippen LogP contribution in [0.3, 0.4) is 0 Å². The van der Waals surface area contributed by atoms with Gasteiger partial charge in [-0.15, -0.1) is 0 Å². The zero-order chi connectivity index (χ0) is 19.6. The van der Waals surface area contributed by atoms with Gasteiger partial charge >= 0.3 is 0 Å². The van der Waals surface area contributed by atoms with Gasteiger partial charge < -0.3 is 25.2 Å². The molecule has 0 saturated carbocycles. The van der Waals surface area contributed by atoms with Gasteiger partial charge in [-0.2, -0.15) is 0 Å². The number of ether oxygens (including phenoxy) is 1. The van der Waals surface area contributed by atoms with Crippen LogP contribution in [0.15, 0.2) is 12.1 Å². The van der Waals surface area contributed by atoms with Gasteiger partial charge in [-0.25, -0.2) is 8.78 Å². The van der Waals surface area contributed by atoms with Crippen molar-refractivity contribution in [2.24, 2.45) is 0 Å². The van der Waals surface area contributed by atoms with E-state index in [0.717, 1.165) is 12.8 Å². The van der Waals surface area contributed by atoms with Crippen LogP contribution in [0.25, 0.3) is 0 Å². The van der Waals surface area contributed by atoms with Crippen LogP contribution in [0.4, 0.5) is 8.78 Å². The predicted molar refractivity (Wildman–Crippen MR) is 93.3 cm³/mol. The first kappa shape index (κ1) is 20.6. The van der Waals surface area contributed by atoms with Gasteiger partial charge in [-0.05, 0) is 42.9 Å². The third kappa shape index (κ3) is 4.47. The summed E-state index contributed by atoms with van der Waals surface area (Å²) < 4.78 is 34.4. The normalized spacial score (nSPS) is 30.6. The van der Waals surface area contributed by atoms with E-state index in [-0.39, 0.29) is 31.0 Å². The van der Waals surface area contributed by atoms with Crippen LogP contribution in [0.5, 0.6) is 0 Å². The standard InChI is InChI=1S/C19H27F2NO5/c20-14-7-12(11-2-5-27-6-3-11)8-15(21)13(14)1-4-22-9-17(24)19(26)18(25)16(22)10-23/h7-8,11,16-19,23-26H,1-6,9-10H2/t16-,17-,18+,19+/m0/s1. The molecule has 0 aromatic heterocycles. The first-order valence-electron chi connectivity index (χ1n) is 9.37. The number of piperidine rings is 1. The van der Waals surface area contributed by atoms with Gasteiger partial charge in [-0.3, -0.25) is 4.90 Å². The van der Waals surface area contributed by atoms with Crippen molar-refractivity contribution < 1.29 is 33.9 Å². The summed E-state index contributed by atoms with van der Waals surface area (Å²) in [4.78, 5) is 1.55. The van der Waals surface area contributed by atoms with E-state index in [9.17, 15) is 29.2 Å². The lowest BCUT2D eigenvalue weighted by atomic mass is 9.90. The monoisotopic (exact) mass is 387 g/mol. The lowest BCUT2D eigenvalue weighted by molar-refractivity contribution is -0.144. The van der Waals surface area contributed by atoms with Gasteiger partial charge in [-0.1, -0.05) is 0 Å². The van der Waals surface area contributed by atoms with Gasteiger partial charge in [0.15, 0.2) is 0 Å². The third-order valence-corrected chi connectivity index (χ3v) is 5.72. The summed E-state index contributed by atoms with van der Waals surface area (Å²) in [7, 11) is 0. The van der Waals surface area contributed by atoms with Crippen molar-refractivity contribution in [3.05, 3.63) is 34.9 Å². The average Bonchev–Trinajstić information content (AvgIpc) is 2.66. The van der Waals surface area contributed by atoms with E-state index in [2.05, 4.69) is 0 Å². The second-order valence-electron chi connectivity index (χ2n) is 7.39. The summed E-state index contributed by atoms with van der Waals surface area (Å²) in [5.41, 5.74) is 0.579. The number of nitrogens with zero attached hydrogens (tertiary/aromatic N) is 1. The number of β-amino-alcohol motifs (C(OH)–C–C–N with tert-alkyl or cyclic N) is 1. The maximum absolute atomic E-state index is 14.5. The van der Waals surface area contributed by atoms with Gasteiger partial charge in [0.2, 0.25) is 0 Å². The van der Waals surface area contributed by atoms with Crippen LogP contribution in [-0.2, 0) is 11.2 Å². The van der Waals surface area contributed by atoms with E-state index in [4.69, 9.17) is 4.74 Å². The van der Waals surface area contributed by atoms with Gasteiger partial charge in [0.1, 0.15) is 23.8 Å². The van der Waals surface area contributed by atoms with Crippen LogP contribution in [0.2, 0.25) is 0 Å². The second-order valence-corrected chi connectivity index (χ2v) is 7.39. The van der Waals surface area contributed by atoms with Gasteiger partial charge in [0.25, 0.3) is 0 Å². The molecule has 0 aliphatic carbocycles. The van der Waals surface area contributed by atoms with Crippen LogP contribution in [0.1, 0.15) is 29.9 Å². The summed E-state index contributed by atoms with van der Waals surface area (Å²) in [6, 6.07) is 1.96. The minimum atomic E-state index is -1.36. The minimum Gasteiger partial charge on any atom is -0.395 e. The summed E-state index contributed by atoms with van der Waals surface area (Å²) in [6.45, 7) is 0.884. The zero-order valence-electron chi connectivity index (χ0n) is 15.1. The molecule has 1 aromatic rings. The molecular weight excluding hydrogens is 360 g/mol. The number of halogens is 2. The number of hydrogen-bond donors (Lipinski definition) is 4. The number of aliphatic hydroxyl groups is 4. The lowest BCUT2D eigenvalue weighted by Gasteiger charge is -2.43. The first-order valence-corrected chi connectivity index (χ1v) is 9.37. The van der Waals surface area contributed by atoms with E-state index >= 15 is 0 Å². The van der Waals surface area contributed by atoms with Crippen LogP contribution in [-0.4, -0.2) is 82.6 Å². The Morgan fingerprint density at radius 3 is 2.26 bits per heavy atom. The number of benzene rings is 1. The van der Waals surface area contributed by atoms with Crippen molar-refractivity contribution in [2.45, 2.75) is 49.5 Å². The molecule has 4 N–H and O–H groups in total. The fourth-order valence-electron chi connectivity index (χ4n) is 4.02. The molecule has 2 fully saturated rings. The maximum atomic E-state index is 14.5. The fourth-order valence-corrected chi connectivity index (χ4v) is 4.02. The molecule has 0 spiro atoms. The Labute approximate surface area is 157 Å².